The van der Waals surface area contributed by atoms with Crippen molar-refractivity contribution >= 4 is 16.7 Å². The van der Waals surface area contributed by atoms with Crippen LogP contribution in [0.5, 0.6) is 5.75 Å². The van der Waals surface area contributed by atoms with Crippen LogP contribution in [0.1, 0.15) is 6.92 Å². The number of carbonyl (C=O) groups is 1. The van der Waals surface area contributed by atoms with E-state index in [-0.39, 0.29) is 18.4 Å². The average molecular weight is 272 g/mol. The second kappa shape index (κ2) is 6.91. The van der Waals surface area contributed by atoms with Crippen molar-refractivity contribution in [3.8, 4) is 5.75 Å². The first-order valence-electron chi connectivity index (χ1n) is 6.77. The zero-order valence-corrected chi connectivity index (χ0v) is 11.6. The summed E-state index contributed by atoms with van der Waals surface area (Å²) in [6, 6.07) is 13.8. The monoisotopic (exact) mass is 272 g/mol. The molecule has 0 aliphatic carbocycles. The molecule has 0 bridgehead atoms. The molecule has 0 saturated heterocycles. The first-order valence-corrected chi connectivity index (χ1v) is 6.77. The normalized spacial score (nSPS) is 12.1. The van der Waals surface area contributed by atoms with Crippen LogP contribution in [0.3, 0.4) is 0 Å². The molecule has 0 heterocycles. The van der Waals surface area contributed by atoms with Crippen LogP contribution in [-0.2, 0) is 4.79 Å². The van der Waals surface area contributed by atoms with Gasteiger partial charge in [0.15, 0.2) is 6.61 Å². The molecule has 0 fully saturated rings. The van der Waals surface area contributed by atoms with Crippen LogP contribution >= 0.6 is 0 Å². The molecule has 2 aromatic carbocycles. The van der Waals surface area contributed by atoms with Gasteiger partial charge in [-0.3, -0.25) is 4.79 Å². The quantitative estimate of drug-likeness (QED) is 0.844. The number of rotatable bonds is 6. The fourth-order valence-electron chi connectivity index (χ4n) is 1.83. The minimum absolute atomic E-state index is 0.0234. The molecule has 0 aromatic heterocycles. The molecule has 0 saturated carbocycles. The van der Waals surface area contributed by atoms with E-state index < -0.39 is 0 Å². The number of nitrogens with two attached hydrogens (primary N) is 1. The lowest BCUT2D eigenvalue weighted by Gasteiger charge is -2.11. The number of ether oxygens (including phenoxy) is 1. The minimum Gasteiger partial charge on any atom is -0.484 e. The van der Waals surface area contributed by atoms with Crippen molar-refractivity contribution in [3.63, 3.8) is 0 Å². The van der Waals surface area contributed by atoms with Crippen LogP contribution < -0.4 is 15.8 Å². The molecule has 4 nitrogen and oxygen atoms in total. The van der Waals surface area contributed by atoms with Crippen molar-refractivity contribution in [1.29, 1.82) is 0 Å². The van der Waals surface area contributed by atoms with Gasteiger partial charge < -0.3 is 15.8 Å². The molecule has 1 atom stereocenters. The Hall–Kier alpha value is -2.07. The van der Waals surface area contributed by atoms with Crippen LogP contribution in [0.4, 0.5) is 0 Å². The SMILES string of the molecule is CC(CN)CNC(=O)COc1ccc2ccccc2c1. The Bertz CT molecular complexity index is 583. The number of hydrogen-bond donors (Lipinski definition) is 2. The Balaban J connectivity index is 1.87. The minimum atomic E-state index is -0.126. The Morgan fingerprint density at radius 2 is 2.00 bits per heavy atom. The molecule has 2 aromatic rings. The van der Waals surface area contributed by atoms with Gasteiger partial charge in [0.25, 0.3) is 5.91 Å². The molecule has 1 unspecified atom stereocenters. The van der Waals surface area contributed by atoms with Crippen molar-refractivity contribution < 1.29 is 9.53 Å². The smallest absolute Gasteiger partial charge is 0.257 e. The van der Waals surface area contributed by atoms with Gasteiger partial charge in [0.2, 0.25) is 0 Å². The summed E-state index contributed by atoms with van der Waals surface area (Å²) in [5, 5.41) is 5.05. The second-order valence-electron chi connectivity index (χ2n) is 4.94. The first-order chi connectivity index (χ1) is 9.69. The van der Waals surface area contributed by atoms with Crippen molar-refractivity contribution in [2.45, 2.75) is 6.92 Å². The molecule has 3 N–H and O–H groups in total. The van der Waals surface area contributed by atoms with Gasteiger partial charge in [-0.2, -0.15) is 0 Å². The first kappa shape index (κ1) is 14.3. The molecule has 4 heteroatoms. The van der Waals surface area contributed by atoms with Gasteiger partial charge in [0.1, 0.15) is 5.75 Å². The van der Waals surface area contributed by atoms with Crippen LogP contribution in [0.15, 0.2) is 42.5 Å². The van der Waals surface area contributed by atoms with Gasteiger partial charge in [-0.25, -0.2) is 0 Å². The number of amides is 1. The Morgan fingerprint density at radius 3 is 2.75 bits per heavy atom. The van der Waals surface area contributed by atoms with Gasteiger partial charge in [0.05, 0.1) is 0 Å². The summed E-state index contributed by atoms with van der Waals surface area (Å²) >= 11 is 0. The average Bonchev–Trinajstić information content (AvgIpc) is 2.50. The zero-order valence-electron chi connectivity index (χ0n) is 11.6. The second-order valence-corrected chi connectivity index (χ2v) is 4.94. The molecule has 106 valence electrons. The summed E-state index contributed by atoms with van der Waals surface area (Å²) in [6.45, 7) is 3.16. The molecule has 20 heavy (non-hydrogen) atoms. The third-order valence-corrected chi connectivity index (χ3v) is 3.14. The molecule has 2 rings (SSSR count). The number of hydrogen-bond acceptors (Lipinski definition) is 3. The van der Waals surface area contributed by atoms with Crippen LogP contribution in [-0.4, -0.2) is 25.6 Å². The number of carbonyl (C=O) groups excluding carboxylic acids is 1. The van der Waals surface area contributed by atoms with Crippen LogP contribution in [0.25, 0.3) is 10.8 Å². The number of nitrogens with one attached hydrogen (secondary N) is 1. The maximum Gasteiger partial charge on any atom is 0.257 e. The van der Waals surface area contributed by atoms with Gasteiger partial charge in [0, 0.05) is 6.54 Å². The molecule has 1 amide bonds. The summed E-state index contributed by atoms with van der Waals surface area (Å²) in [6.07, 6.45) is 0. The Labute approximate surface area is 118 Å². The Kier molecular flexibility index (Phi) is 4.96. The highest BCUT2D eigenvalue weighted by Crippen LogP contribution is 2.20. The Morgan fingerprint density at radius 1 is 1.25 bits per heavy atom. The third kappa shape index (κ3) is 3.96. The van der Waals surface area contributed by atoms with E-state index in [0.29, 0.717) is 18.8 Å². The lowest BCUT2D eigenvalue weighted by Crippen LogP contribution is -2.34. The molecule has 0 radical (unpaired) electrons. The summed E-state index contributed by atoms with van der Waals surface area (Å²) in [4.78, 5) is 11.6. The van der Waals surface area contributed by atoms with Crippen molar-refractivity contribution in [2.75, 3.05) is 19.7 Å². The third-order valence-electron chi connectivity index (χ3n) is 3.14. The van der Waals surface area contributed by atoms with E-state index in [4.69, 9.17) is 10.5 Å². The van der Waals surface area contributed by atoms with Gasteiger partial charge in [-0.15, -0.1) is 0 Å². The maximum absolute atomic E-state index is 11.6. The fraction of sp³-hybridized carbons (Fsp3) is 0.312. The van der Waals surface area contributed by atoms with E-state index in [2.05, 4.69) is 5.32 Å². The lowest BCUT2D eigenvalue weighted by atomic mass is 10.1. The number of benzene rings is 2. The topological polar surface area (TPSA) is 64.3 Å². The fourth-order valence-corrected chi connectivity index (χ4v) is 1.83. The molecular formula is C16H20N2O2. The summed E-state index contributed by atoms with van der Waals surface area (Å²) < 4.78 is 5.50. The largest absolute Gasteiger partial charge is 0.484 e. The maximum atomic E-state index is 11.6. The van der Waals surface area contributed by atoms with Crippen molar-refractivity contribution in [2.24, 2.45) is 11.7 Å². The highest BCUT2D eigenvalue weighted by molar-refractivity contribution is 5.84. The van der Waals surface area contributed by atoms with Crippen molar-refractivity contribution in [3.05, 3.63) is 42.5 Å². The van der Waals surface area contributed by atoms with E-state index in [1.807, 2.05) is 49.4 Å². The number of fused-ring (bicyclic) bond motifs is 1. The highest BCUT2D eigenvalue weighted by atomic mass is 16.5. The van der Waals surface area contributed by atoms with Crippen LogP contribution in [0.2, 0.25) is 0 Å². The predicted molar refractivity (Wildman–Crippen MR) is 80.7 cm³/mol. The van der Waals surface area contributed by atoms with Gasteiger partial charge in [-0.05, 0) is 35.4 Å². The highest BCUT2D eigenvalue weighted by Gasteiger charge is 2.05. The lowest BCUT2D eigenvalue weighted by molar-refractivity contribution is -0.123. The van der Waals surface area contributed by atoms with E-state index in [1.165, 1.54) is 0 Å². The summed E-state index contributed by atoms with van der Waals surface area (Å²) in [7, 11) is 0. The van der Waals surface area contributed by atoms with Crippen LogP contribution in [0, 0.1) is 5.92 Å². The predicted octanol–water partition coefficient (Wildman–Crippen LogP) is 1.93. The summed E-state index contributed by atoms with van der Waals surface area (Å²) in [5.41, 5.74) is 5.49. The standard InChI is InChI=1S/C16H20N2O2/c1-12(9-17)10-18-16(19)11-20-15-7-6-13-4-2-3-5-14(13)8-15/h2-8,12H,9-11,17H2,1H3,(H,18,19). The molecule has 0 aliphatic rings. The molecular weight excluding hydrogens is 252 g/mol. The van der Waals surface area contributed by atoms with Crippen molar-refractivity contribution in [1.82, 2.24) is 5.32 Å². The molecule has 0 aliphatic heterocycles. The van der Waals surface area contributed by atoms with E-state index in [9.17, 15) is 4.79 Å². The van der Waals surface area contributed by atoms with E-state index >= 15 is 0 Å². The van der Waals surface area contributed by atoms with Gasteiger partial charge in [-0.1, -0.05) is 37.3 Å². The van der Waals surface area contributed by atoms with E-state index in [1.54, 1.807) is 0 Å². The molecule has 0 spiro atoms. The zero-order chi connectivity index (χ0) is 14.4. The van der Waals surface area contributed by atoms with Gasteiger partial charge >= 0.3 is 0 Å². The summed E-state index contributed by atoms with van der Waals surface area (Å²) in [5.74, 6) is 0.851. The van der Waals surface area contributed by atoms with E-state index in [0.717, 1.165) is 10.8 Å².